The van der Waals surface area contributed by atoms with E-state index in [9.17, 15) is 9.59 Å². The van der Waals surface area contributed by atoms with Gasteiger partial charge in [0.2, 0.25) is 5.95 Å². The fourth-order valence-electron chi connectivity index (χ4n) is 2.38. The lowest BCUT2D eigenvalue weighted by atomic mass is 10.2. The van der Waals surface area contributed by atoms with Gasteiger partial charge in [-0.25, -0.2) is 9.97 Å². The number of benzene rings is 1. The van der Waals surface area contributed by atoms with E-state index in [0.29, 0.717) is 11.3 Å². The van der Waals surface area contributed by atoms with Gasteiger partial charge in [-0.1, -0.05) is 0 Å². The summed E-state index contributed by atoms with van der Waals surface area (Å²) in [4.78, 5) is 38.5. The number of H-pyrrole nitrogens is 1. The van der Waals surface area contributed by atoms with Crippen LogP contribution in [0, 0.1) is 0 Å². The number of nitrogens with two attached hydrogens (primary N) is 1. The highest BCUT2D eigenvalue weighted by Crippen LogP contribution is 2.19. The second kappa shape index (κ2) is 4.77. The van der Waals surface area contributed by atoms with Crippen molar-refractivity contribution in [2.45, 2.75) is 6.54 Å². The molecule has 0 aliphatic carbocycles. The molecule has 4 N–H and O–H groups in total. The quantitative estimate of drug-likeness (QED) is 0.605. The third-order valence-electron chi connectivity index (χ3n) is 3.48. The molecule has 1 aromatic carbocycles. The number of hydrogen-bond acceptors (Lipinski definition) is 7. The fraction of sp³-hybridized carbons (Fsp3) is 0.0714. The SMILES string of the molecule is Nc1nc2ncc(CN3NC(=O)c4ccc3cc4)nc2c(=O)[nH]1. The first-order chi connectivity index (χ1) is 11.1. The van der Waals surface area contributed by atoms with Crippen LogP contribution in [0.25, 0.3) is 11.2 Å². The summed E-state index contributed by atoms with van der Waals surface area (Å²) < 4.78 is 0. The molecule has 0 unspecified atom stereocenters. The highest BCUT2D eigenvalue weighted by Gasteiger charge is 2.18. The number of nitrogens with one attached hydrogen (secondary N) is 2. The number of nitrogen functional groups attached to an aromatic ring is 1. The minimum Gasteiger partial charge on any atom is -0.369 e. The van der Waals surface area contributed by atoms with E-state index in [2.05, 4.69) is 25.4 Å². The van der Waals surface area contributed by atoms with Gasteiger partial charge in [0, 0.05) is 5.56 Å². The number of aromatic amines is 1. The van der Waals surface area contributed by atoms with Crippen LogP contribution < -0.4 is 21.7 Å². The Bertz CT molecular complexity index is 981. The van der Waals surface area contributed by atoms with Crippen LogP contribution in [-0.4, -0.2) is 25.8 Å². The van der Waals surface area contributed by atoms with E-state index >= 15 is 0 Å². The van der Waals surface area contributed by atoms with Crippen molar-refractivity contribution in [2.75, 3.05) is 10.7 Å². The largest absolute Gasteiger partial charge is 0.369 e. The van der Waals surface area contributed by atoms with Crippen molar-refractivity contribution in [2.24, 2.45) is 0 Å². The Kier molecular flexibility index (Phi) is 2.73. The molecule has 0 saturated heterocycles. The molecule has 2 aromatic heterocycles. The highest BCUT2D eigenvalue weighted by molar-refractivity contribution is 5.96. The molecule has 2 aliphatic heterocycles. The van der Waals surface area contributed by atoms with Crippen LogP contribution in [0.5, 0.6) is 0 Å². The standard InChI is InChI=1S/C14H11N7O2/c15-14-18-11-10(13(23)19-14)17-8(5-16-11)6-21-9-3-1-7(2-4-9)12(22)20-21/h1-5H,6H2,(H,20,22)(H3,15,16,18,19,23). The normalized spacial score (nSPS) is 13.2. The number of aromatic nitrogens is 4. The Hall–Kier alpha value is -3.49. The second-order valence-electron chi connectivity index (χ2n) is 5.06. The molecule has 2 aliphatic rings. The summed E-state index contributed by atoms with van der Waals surface area (Å²) in [7, 11) is 0. The summed E-state index contributed by atoms with van der Waals surface area (Å²) in [5.41, 5.74) is 9.98. The van der Waals surface area contributed by atoms with E-state index in [1.165, 1.54) is 6.20 Å². The smallest absolute Gasteiger partial charge is 0.280 e. The van der Waals surface area contributed by atoms with E-state index in [0.717, 1.165) is 5.69 Å². The third kappa shape index (κ3) is 2.24. The lowest BCUT2D eigenvalue weighted by Crippen LogP contribution is -2.40. The lowest BCUT2D eigenvalue weighted by Gasteiger charge is -2.22. The fourth-order valence-corrected chi connectivity index (χ4v) is 2.38. The van der Waals surface area contributed by atoms with E-state index in [1.54, 1.807) is 17.1 Å². The molecule has 9 nitrogen and oxygen atoms in total. The van der Waals surface area contributed by atoms with E-state index < -0.39 is 5.56 Å². The maximum absolute atomic E-state index is 12.0. The van der Waals surface area contributed by atoms with Gasteiger partial charge >= 0.3 is 0 Å². The van der Waals surface area contributed by atoms with E-state index in [1.807, 2.05) is 12.1 Å². The number of amides is 1. The molecule has 23 heavy (non-hydrogen) atoms. The van der Waals surface area contributed by atoms with Gasteiger partial charge in [-0.3, -0.25) is 25.0 Å². The summed E-state index contributed by atoms with van der Waals surface area (Å²) in [6.07, 6.45) is 1.50. The van der Waals surface area contributed by atoms with Gasteiger partial charge in [0.1, 0.15) is 0 Å². The first-order valence-corrected chi connectivity index (χ1v) is 6.80. The van der Waals surface area contributed by atoms with Crippen LogP contribution in [0.15, 0.2) is 35.3 Å². The number of nitrogens with zero attached hydrogens (tertiary/aromatic N) is 4. The van der Waals surface area contributed by atoms with Crippen LogP contribution in [0.3, 0.4) is 0 Å². The Balaban J connectivity index is 1.71. The summed E-state index contributed by atoms with van der Waals surface area (Å²) in [5.74, 6) is -0.213. The first kappa shape index (κ1) is 13.2. The van der Waals surface area contributed by atoms with Crippen LogP contribution in [0.4, 0.5) is 11.6 Å². The number of rotatable bonds is 2. The molecule has 4 heterocycles. The molecule has 0 saturated carbocycles. The zero-order valence-electron chi connectivity index (χ0n) is 11.8. The molecule has 0 spiro atoms. The molecular weight excluding hydrogens is 298 g/mol. The van der Waals surface area contributed by atoms with Gasteiger partial charge in [-0.05, 0) is 24.3 Å². The van der Waals surface area contributed by atoms with Gasteiger partial charge in [0.25, 0.3) is 11.5 Å². The lowest BCUT2D eigenvalue weighted by molar-refractivity contribution is 0.0950. The zero-order chi connectivity index (χ0) is 16.0. The van der Waals surface area contributed by atoms with Crippen molar-refractivity contribution in [3.63, 3.8) is 0 Å². The van der Waals surface area contributed by atoms with Crippen molar-refractivity contribution in [1.82, 2.24) is 25.4 Å². The number of fused-ring (bicyclic) bond motifs is 5. The summed E-state index contributed by atoms with van der Waals surface area (Å²) >= 11 is 0. The Labute approximate surface area is 129 Å². The molecule has 1 amide bonds. The topological polar surface area (TPSA) is 130 Å². The van der Waals surface area contributed by atoms with E-state index in [4.69, 9.17) is 5.73 Å². The molecule has 9 heteroatoms. The predicted octanol–water partition coefficient (Wildman–Crippen LogP) is -0.0397. The molecular formula is C14H11N7O2. The van der Waals surface area contributed by atoms with Gasteiger partial charge in [0.15, 0.2) is 11.2 Å². The average molecular weight is 309 g/mol. The van der Waals surface area contributed by atoms with Gasteiger partial charge in [-0.2, -0.15) is 4.98 Å². The van der Waals surface area contributed by atoms with Crippen LogP contribution in [0.2, 0.25) is 0 Å². The highest BCUT2D eigenvalue weighted by atomic mass is 16.2. The van der Waals surface area contributed by atoms with E-state index in [-0.39, 0.29) is 29.6 Å². The first-order valence-electron chi connectivity index (χ1n) is 6.80. The number of carbonyl (C=O) groups is 1. The third-order valence-corrected chi connectivity index (χ3v) is 3.48. The predicted molar refractivity (Wildman–Crippen MR) is 82.5 cm³/mol. The minimum atomic E-state index is -0.453. The average Bonchev–Trinajstić information content (AvgIpc) is 2.77. The maximum Gasteiger partial charge on any atom is 0.280 e. The van der Waals surface area contributed by atoms with Crippen LogP contribution in [-0.2, 0) is 6.54 Å². The molecule has 114 valence electrons. The maximum atomic E-state index is 12.0. The van der Waals surface area contributed by atoms with Crippen molar-refractivity contribution < 1.29 is 4.79 Å². The zero-order valence-corrected chi connectivity index (χ0v) is 11.8. The molecule has 3 aromatic rings. The van der Waals surface area contributed by atoms with Crippen LogP contribution in [0.1, 0.15) is 16.1 Å². The molecule has 0 radical (unpaired) electrons. The van der Waals surface area contributed by atoms with Crippen molar-refractivity contribution in [3.8, 4) is 0 Å². The molecule has 0 atom stereocenters. The van der Waals surface area contributed by atoms with Crippen molar-refractivity contribution in [1.29, 1.82) is 0 Å². The van der Waals surface area contributed by atoms with Crippen molar-refractivity contribution >= 4 is 28.7 Å². The summed E-state index contributed by atoms with van der Waals surface area (Å²) in [5, 5.41) is 1.64. The van der Waals surface area contributed by atoms with Gasteiger partial charge in [-0.15, -0.1) is 0 Å². The number of carbonyl (C=O) groups excluding carboxylic acids is 1. The number of hydrazine groups is 1. The minimum absolute atomic E-state index is 0.0100. The van der Waals surface area contributed by atoms with Crippen LogP contribution >= 0.6 is 0 Å². The number of hydrogen-bond donors (Lipinski definition) is 3. The summed E-state index contributed by atoms with van der Waals surface area (Å²) in [6.45, 7) is 0.260. The van der Waals surface area contributed by atoms with Gasteiger partial charge in [0.05, 0.1) is 24.1 Å². The molecule has 0 fully saturated rings. The Morgan fingerprint density at radius 3 is 2.70 bits per heavy atom. The Morgan fingerprint density at radius 1 is 1.13 bits per heavy atom. The second-order valence-corrected chi connectivity index (χ2v) is 5.06. The van der Waals surface area contributed by atoms with Crippen molar-refractivity contribution in [3.05, 3.63) is 52.1 Å². The number of anilines is 2. The molecule has 2 bridgehead atoms. The molecule has 5 rings (SSSR count). The Morgan fingerprint density at radius 2 is 1.91 bits per heavy atom. The monoisotopic (exact) mass is 309 g/mol. The summed E-state index contributed by atoms with van der Waals surface area (Å²) in [6, 6.07) is 7.15. The van der Waals surface area contributed by atoms with Gasteiger partial charge < -0.3 is 5.73 Å².